The molecule has 0 aromatic carbocycles. The maximum absolute atomic E-state index is 8.83. The quantitative estimate of drug-likeness (QED) is 0.811. The van der Waals surface area contributed by atoms with Crippen LogP contribution < -0.4 is 0 Å². The van der Waals surface area contributed by atoms with Crippen LogP contribution in [0.5, 0.6) is 0 Å². The SMILES string of the molecule is Cc1nnc(-n2nnc(CCO)c2C)s1. The number of aliphatic hydroxyl groups excluding tert-OH is 1. The minimum Gasteiger partial charge on any atom is -0.396 e. The molecule has 2 aromatic rings. The van der Waals surface area contributed by atoms with Gasteiger partial charge in [0.25, 0.3) is 0 Å². The first-order valence-electron chi connectivity index (χ1n) is 4.55. The normalized spacial score (nSPS) is 10.9. The fourth-order valence-electron chi connectivity index (χ4n) is 1.25. The molecule has 0 saturated heterocycles. The largest absolute Gasteiger partial charge is 0.396 e. The molecule has 80 valence electrons. The van der Waals surface area contributed by atoms with Crippen molar-refractivity contribution in [2.75, 3.05) is 6.61 Å². The van der Waals surface area contributed by atoms with E-state index in [9.17, 15) is 0 Å². The highest BCUT2D eigenvalue weighted by Gasteiger charge is 2.12. The van der Waals surface area contributed by atoms with Crippen molar-refractivity contribution in [1.29, 1.82) is 0 Å². The van der Waals surface area contributed by atoms with Gasteiger partial charge in [0.05, 0.1) is 11.4 Å². The van der Waals surface area contributed by atoms with Gasteiger partial charge in [-0.15, -0.1) is 15.3 Å². The summed E-state index contributed by atoms with van der Waals surface area (Å²) in [6, 6.07) is 0. The van der Waals surface area contributed by atoms with Crippen LogP contribution in [0.1, 0.15) is 16.4 Å². The van der Waals surface area contributed by atoms with Crippen molar-refractivity contribution in [2.45, 2.75) is 20.3 Å². The molecule has 0 aliphatic carbocycles. The third-order valence-corrected chi connectivity index (χ3v) is 2.85. The highest BCUT2D eigenvalue weighted by Crippen LogP contribution is 2.16. The molecule has 0 saturated carbocycles. The van der Waals surface area contributed by atoms with E-state index in [1.54, 1.807) is 4.68 Å². The van der Waals surface area contributed by atoms with Crippen molar-refractivity contribution in [1.82, 2.24) is 25.2 Å². The lowest BCUT2D eigenvalue weighted by molar-refractivity contribution is 0.298. The third kappa shape index (κ3) is 1.88. The fraction of sp³-hybridized carbons (Fsp3) is 0.500. The van der Waals surface area contributed by atoms with E-state index < -0.39 is 0 Å². The van der Waals surface area contributed by atoms with Crippen molar-refractivity contribution in [3.8, 4) is 5.13 Å². The summed E-state index contributed by atoms with van der Waals surface area (Å²) in [5.74, 6) is 0. The summed E-state index contributed by atoms with van der Waals surface area (Å²) in [5.41, 5.74) is 1.70. The summed E-state index contributed by atoms with van der Waals surface area (Å²) in [7, 11) is 0. The van der Waals surface area contributed by atoms with Gasteiger partial charge in [0.1, 0.15) is 5.01 Å². The average Bonchev–Trinajstić information content (AvgIpc) is 2.76. The molecule has 2 rings (SSSR count). The van der Waals surface area contributed by atoms with Gasteiger partial charge in [-0.1, -0.05) is 16.6 Å². The zero-order valence-electron chi connectivity index (χ0n) is 8.51. The summed E-state index contributed by atoms with van der Waals surface area (Å²) in [6.45, 7) is 3.87. The summed E-state index contributed by atoms with van der Waals surface area (Å²) in [4.78, 5) is 0. The van der Waals surface area contributed by atoms with Crippen LogP contribution in [0.3, 0.4) is 0 Å². The molecule has 0 fully saturated rings. The first kappa shape index (κ1) is 10.2. The second-order valence-electron chi connectivity index (χ2n) is 3.11. The second kappa shape index (κ2) is 4.03. The van der Waals surface area contributed by atoms with Gasteiger partial charge in [-0.3, -0.25) is 0 Å². The van der Waals surface area contributed by atoms with Crippen molar-refractivity contribution < 1.29 is 5.11 Å². The van der Waals surface area contributed by atoms with Crippen LogP contribution in [0, 0.1) is 13.8 Å². The predicted octanol–water partition coefficient (Wildman–Crippen LogP) is 0.270. The van der Waals surface area contributed by atoms with Crippen LogP contribution in [0.4, 0.5) is 0 Å². The van der Waals surface area contributed by atoms with Gasteiger partial charge in [-0.25, -0.2) is 0 Å². The Balaban J connectivity index is 2.37. The Labute approximate surface area is 90.6 Å². The predicted molar refractivity (Wildman–Crippen MR) is 55.1 cm³/mol. The van der Waals surface area contributed by atoms with Crippen LogP contribution in [-0.2, 0) is 6.42 Å². The summed E-state index contributed by atoms with van der Waals surface area (Å²) in [5, 5.41) is 26.3. The topological polar surface area (TPSA) is 76.7 Å². The van der Waals surface area contributed by atoms with Crippen LogP contribution in [-0.4, -0.2) is 36.9 Å². The molecule has 0 atom stereocenters. The third-order valence-electron chi connectivity index (χ3n) is 2.04. The highest BCUT2D eigenvalue weighted by atomic mass is 32.1. The molecule has 1 N–H and O–H groups in total. The fourth-order valence-corrected chi connectivity index (χ4v) is 1.94. The minimum absolute atomic E-state index is 0.0781. The molecule has 0 unspecified atom stereocenters. The molecule has 0 bridgehead atoms. The number of hydrogen-bond donors (Lipinski definition) is 1. The molecule has 2 aromatic heterocycles. The number of aliphatic hydroxyl groups is 1. The van der Waals surface area contributed by atoms with E-state index in [1.807, 2.05) is 13.8 Å². The van der Waals surface area contributed by atoms with E-state index in [1.165, 1.54) is 11.3 Å². The minimum atomic E-state index is 0.0781. The summed E-state index contributed by atoms with van der Waals surface area (Å²) < 4.78 is 1.65. The maximum Gasteiger partial charge on any atom is 0.234 e. The van der Waals surface area contributed by atoms with Gasteiger partial charge >= 0.3 is 0 Å². The van der Waals surface area contributed by atoms with Crippen LogP contribution in [0.25, 0.3) is 5.13 Å². The van der Waals surface area contributed by atoms with Gasteiger partial charge < -0.3 is 5.11 Å². The smallest absolute Gasteiger partial charge is 0.234 e. The van der Waals surface area contributed by atoms with Crippen molar-refractivity contribution >= 4 is 11.3 Å². The molecular formula is C8H11N5OS. The van der Waals surface area contributed by atoms with Gasteiger partial charge in [0.2, 0.25) is 5.13 Å². The summed E-state index contributed by atoms with van der Waals surface area (Å²) in [6.07, 6.45) is 0.517. The average molecular weight is 225 g/mol. The molecule has 0 aliphatic rings. The van der Waals surface area contributed by atoms with E-state index in [0.29, 0.717) is 11.6 Å². The van der Waals surface area contributed by atoms with E-state index >= 15 is 0 Å². The Morgan fingerprint density at radius 2 is 2.07 bits per heavy atom. The number of aromatic nitrogens is 5. The van der Waals surface area contributed by atoms with Gasteiger partial charge in [0.15, 0.2) is 0 Å². The molecule has 0 spiro atoms. The molecule has 6 nitrogen and oxygen atoms in total. The monoisotopic (exact) mass is 225 g/mol. The molecule has 0 amide bonds. The lowest BCUT2D eigenvalue weighted by atomic mass is 10.3. The first-order valence-corrected chi connectivity index (χ1v) is 5.36. The zero-order chi connectivity index (χ0) is 10.8. The standard InChI is InChI=1S/C8H11N5OS/c1-5-7(3-4-14)10-12-13(5)8-11-9-6(2)15-8/h14H,3-4H2,1-2H3. The van der Waals surface area contributed by atoms with E-state index in [2.05, 4.69) is 20.5 Å². The first-order chi connectivity index (χ1) is 7.22. The molecule has 15 heavy (non-hydrogen) atoms. The van der Waals surface area contributed by atoms with Crippen LogP contribution >= 0.6 is 11.3 Å². The Bertz CT molecular complexity index is 463. The van der Waals surface area contributed by atoms with Crippen molar-refractivity contribution in [2.24, 2.45) is 0 Å². The number of aryl methyl sites for hydroxylation is 1. The Kier molecular flexibility index (Phi) is 2.74. The Morgan fingerprint density at radius 1 is 1.27 bits per heavy atom. The van der Waals surface area contributed by atoms with E-state index in [-0.39, 0.29) is 6.61 Å². The molecule has 7 heteroatoms. The maximum atomic E-state index is 8.83. The number of hydrogen-bond acceptors (Lipinski definition) is 6. The molecule has 0 radical (unpaired) electrons. The van der Waals surface area contributed by atoms with Gasteiger partial charge in [-0.2, -0.15) is 4.68 Å². The Morgan fingerprint density at radius 3 is 2.67 bits per heavy atom. The lowest BCUT2D eigenvalue weighted by Gasteiger charge is -1.96. The highest BCUT2D eigenvalue weighted by molar-refractivity contribution is 7.13. The molecular weight excluding hydrogens is 214 g/mol. The second-order valence-corrected chi connectivity index (χ2v) is 4.27. The van der Waals surface area contributed by atoms with Gasteiger partial charge in [0, 0.05) is 13.0 Å². The molecule has 0 aliphatic heterocycles. The zero-order valence-corrected chi connectivity index (χ0v) is 9.32. The van der Waals surface area contributed by atoms with E-state index in [4.69, 9.17) is 5.11 Å². The van der Waals surface area contributed by atoms with Crippen LogP contribution in [0.15, 0.2) is 0 Å². The number of nitrogens with zero attached hydrogens (tertiary/aromatic N) is 5. The van der Waals surface area contributed by atoms with Crippen LogP contribution in [0.2, 0.25) is 0 Å². The van der Waals surface area contributed by atoms with Crippen molar-refractivity contribution in [3.63, 3.8) is 0 Å². The van der Waals surface area contributed by atoms with E-state index in [0.717, 1.165) is 16.4 Å². The van der Waals surface area contributed by atoms with Crippen molar-refractivity contribution in [3.05, 3.63) is 16.4 Å². The van der Waals surface area contributed by atoms with Gasteiger partial charge in [-0.05, 0) is 13.8 Å². The summed E-state index contributed by atoms with van der Waals surface area (Å²) >= 11 is 1.46. The Hall–Kier alpha value is -1.34. The number of rotatable bonds is 3. The molecule has 2 heterocycles. The lowest BCUT2D eigenvalue weighted by Crippen LogP contribution is -1.99.